The Morgan fingerprint density at radius 1 is 1.18 bits per heavy atom. The van der Waals surface area contributed by atoms with Gasteiger partial charge in [0.15, 0.2) is 5.13 Å². The topological polar surface area (TPSA) is 82.5 Å². The number of carboxylic acid groups (broad SMARTS) is 1. The van der Waals surface area contributed by atoms with E-state index in [0.717, 1.165) is 35.8 Å². The van der Waals surface area contributed by atoms with Crippen LogP contribution in [-0.4, -0.2) is 44.8 Å². The third-order valence-electron chi connectivity index (χ3n) is 5.84. The van der Waals surface area contributed by atoms with E-state index in [1.807, 2.05) is 0 Å². The van der Waals surface area contributed by atoms with Crippen molar-refractivity contribution in [2.45, 2.75) is 87.4 Å². The molecule has 6 nitrogen and oxygen atoms in total. The van der Waals surface area contributed by atoms with E-state index >= 15 is 0 Å². The summed E-state index contributed by atoms with van der Waals surface area (Å²) in [6, 6.07) is 0.670. The molecule has 2 fully saturated rings. The Morgan fingerprint density at radius 3 is 2.54 bits per heavy atom. The number of carboxylic acids is 1. The van der Waals surface area contributed by atoms with Gasteiger partial charge in [-0.25, -0.2) is 9.78 Å². The lowest BCUT2D eigenvalue weighted by Crippen LogP contribution is -2.51. The van der Waals surface area contributed by atoms with Gasteiger partial charge in [-0.3, -0.25) is 10.1 Å². The highest BCUT2D eigenvalue weighted by Crippen LogP contribution is 2.34. The number of amides is 2. The molecule has 2 N–H and O–H groups in total. The molecule has 0 spiro atoms. The number of aromatic nitrogens is 1. The summed E-state index contributed by atoms with van der Waals surface area (Å²) < 4.78 is 0.937. The number of aliphatic carboxylic acids is 1. The normalized spacial score (nSPS) is 23.3. The van der Waals surface area contributed by atoms with Crippen molar-refractivity contribution in [3.8, 4) is 0 Å². The fourth-order valence-corrected chi connectivity index (χ4v) is 6.16. The summed E-state index contributed by atoms with van der Waals surface area (Å²) in [5.41, 5.74) is 0. The van der Waals surface area contributed by atoms with Gasteiger partial charge in [-0.05, 0) is 44.4 Å². The van der Waals surface area contributed by atoms with Gasteiger partial charge >= 0.3 is 12.0 Å². The highest BCUT2D eigenvalue weighted by molar-refractivity contribution is 8.01. The third kappa shape index (κ3) is 6.11. The van der Waals surface area contributed by atoms with Gasteiger partial charge in [-0.15, -0.1) is 11.8 Å². The van der Waals surface area contributed by atoms with Crippen LogP contribution in [0.4, 0.5) is 9.93 Å². The molecule has 3 rings (SSSR count). The zero-order valence-corrected chi connectivity index (χ0v) is 18.2. The predicted molar refractivity (Wildman–Crippen MR) is 114 cm³/mol. The maximum atomic E-state index is 13.2. The lowest BCUT2D eigenvalue weighted by atomic mass is 9.84. The molecule has 156 valence electrons. The molecule has 2 aliphatic rings. The minimum absolute atomic E-state index is 0.0112. The van der Waals surface area contributed by atoms with Gasteiger partial charge in [0.2, 0.25) is 0 Å². The van der Waals surface area contributed by atoms with E-state index in [0.29, 0.717) is 23.0 Å². The van der Waals surface area contributed by atoms with Crippen molar-refractivity contribution >= 4 is 40.2 Å². The summed E-state index contributed by atoms with van der Waals surface area (Å²) in [5.74, 6) is 0.478. The molecule has 1 aromatic rings. The first-order valence-electron chi connectivity index (χ1n) is 10.4. The Morgan fingerprint density at radius 2 is 1.86 bits per heavy atom. The van der Waals surface area contributed by atoms with Crippen molar-refractivity contribution in [3.63, 3.8) is 0 Å². The maximum Gasteiger partial charge on any atom is 0.324 e. The van der Waals surface area contributed by atoms with Gasteiger partial charge in [0.25, 0.3) is 0 Å². The van der Waals surface area contributed by atoms with Crippen molar-refractivity contribution in [2.24, 2.45) is 5.92 Å². The largest absolute Gasteiger partial charge is 0.481 e. The summed E-state index contributed by atoms with van der Waals surface area (Å²) in [7, 11) is 0. The molecule has 0 unspecified atom stereocenters. The Hall–Kier alpha value is -1.28. The van der Waals surface area contributed by atoms with Crippen molar-refractivity contribution in [3.05, 3.63) is 6.20 Å². The Bertz CT molecular complexity index is 653. The zero-order valence-electron chi connectivity index (χ0n) is 16.6. The molecule has 0 bridgehead atoms. The van der Waals surface area contributed by atoms with Gasteiger partial charge in [0.05, 0.1) is 16.8 Å². The second-order valence-electron chi connectivity index (χ2n) is 8.02. The quantitative estimate of drug-likeness (QED) is 0.567. The number of anilines is 1. The number of thioether (sulfide) groups is 1. The molecule has 0 aliphatic heterocycles. The minimum atomic E-state index is -0.796. The summed E-state index contributed by atoms with van der Waals surface area (Å²) in [5, 5.41) is 12.4. The number of carbonyl (C=O) groups is 2. The number of rotatable bonds is 7. The van der Waals surface area contributed by atoms with Crippen molar-refractivity contribution in [1.82, 2.24) is 9.88 Å². The molecule has 8 heteroatoms. The standard InChI is InChI=1S/C20H31N3O3S2/c1-14-7-9-16(10-8-14)23(15-5-3-2-4-6-15)20(26)22-19-21-13-18(28-19)27-12-11-17(24)25/h13-16H,2-12H2,1H3,(H,24,25)(H,21,22,26). The number of urea groups is 1. The molecule has 0 aromatic carbocycles. The molecule has 2 aliphatic carbocycles. The SMILES string of the molecule is CC1CCC(N(C(=O)Nc2ncc(SCCC(=O)O)s2)C2CCCCC2)CC1. The Kier molecular flexibility index (Phi) is 8.02. The summed E-state index contributed by atoms with van der Waals surface area (Å²) in [4.78, 5) is 30.3. The maximum absolute atomic E-state index is 13.2. The molecule has 0 atom stereocenters. The number of nitrogens with zero attached hydrogens (tertiary/aromatic N) is 2. The molecule has 1 aromatic heterocycles. The van der Waals surface area contributed by atoms with E-state index in [1.165, 1.54) is 55.2 Å². The molecule has 28 heavy (non-hydrogen) atoms. The molecule has 2 amide bonds. The monoisotopic (exact) mass is 425 g/mol. The molecular weight excluding hydrogens is 394 g/mol. The zero-order chi connectivity index (χ0) is 19.9. The van der Waals surface area contributed by atoms with E-state index in [-0.39, 0.29) is 12.5 Å². The van der Waals surface area contributed by atoms with Crippen LogP contribution in [0.25, 0.3) is 0 Å². The average Bonchev–Trinajstić information content (AvgIpc) is 3.11. The Labute approximate surface area is 175 Å². The third-order valence-corrected chi connectivity index (χ3v) is 7.95. The summed E-state index contributed by atoms with van der Waals surface area (Å²) in [6.45, 7) is 2.31. The van der Waals surface area contributed by atoms with Crippen molar-refractivity contribution < 1.29 is 14.7 Å². The van der Waals surface area contributed by atoms with E-state index in [9.17, 15) is 9.59 Å². The van der Waals surface area contributed by atoms with E-state index in [4.69, 9.17) is 5.11 Å². The first-order valence-corrected chi connectivity index (χ1v) is 12.2. The number of nitrogens with one attached hydrogen (secondary N) is 1. The van der Waals surface area contributed by atoms with Crippen LogP contribution < -0.4 is 5.32 Å². The lowest BCUT2D eigenvalue weighted by molar-refractivity contribution is -0.136. The molecule has 2 saturated carbocycles. The lowest BCUT2D eigenvalue weighted by Gasteiger charge is -2.42. The van der Waals surface area contributed by atoms with Crippen molar-refractivity contribution in [1.29, 1.82) is 0 Å². The smallest absolute Gasteiger partial charge is 0.324 e. The molecule has 0 saturated heterocycles. The number of hydrogen-bond acceptors (Lipinski definition) is 5. The predicted octanol–water partition coefficient (Wildman–Crippen LogP) is 5.46. The first kappa shape index (κ1) is 21.4. The first-order chi connectivity index (χ1) is 13.5. The highest BCUT2D eigenvalue weighted by Gasteiger charge is 2.33. The van der Waals surface area contributed by atoms with E-state index < -0.39 is 5.97 Å². The second-order valence-corrected chi connectivity index (χ2v) is 10.4. The van der Waals surface area contributed by atoms with Crippen LogP contribution in [0.1, 0.15) is 71.1 Å². The van der Waals surface area contributed by atoms with Gasteiger partial charge < -0.3 is 10.0 Å². The van der Waals surface area contributed by atoms with Crippen LogP contribution in [0.2, 0.25) is 0 Å². The fraction of sp³-hybridized carbons (Fsp3) is 0.750. The highest BCUT2D eigenvalue weighted by atomic mass is 32.2. The van der Waals surface area contributed by atoms with E-state index in [2.05, 4.69) is 22.1 Å². The average molecular weight is 426 g/mol. The number of hydrogen-bond donors (Lipinski definition) is 2. The van der Waals surface area contributed by atoms with Crippen LogP contribution >= 0.6 is 23.1 Å². The van der Waals surface area contributed by atoms with Crippen LogP contribution in [0.5, 0.6) is 0 Å². The van der Waals surface area contributed by atoms with Crippen LogP contribution in [0, 0.1) is 5.92 Å². The summed E-state index contributed by atoms with van der Waals surface area (Å²) in [6.07, 6.45) is 12.3. The van der Waals surface area contributed by atoms with Crippen LogP contribution in [-0.2, 0) is 4.79 Å². The van der Waals surface area contributed by atoms with Gasteiger partial charge in [-0.2, -0.15) is 0 Å². The Balaban J connectivity index is 1.62. The van der Waals surface area contributed by atoms with Gasteiger partial charge in [0, 0.05) is 17.8 Å². The number of carbonyl (C=O) groups excluding carboxylic acids is 1. The fourth-order valence-electron chi connectivity index (χ4n) is 4.29. The number of thiazole rings is 1. The minimum Gasteiger partial charge on any atom is -0.481 e. The van der Waals surface area contributed by atoms with Gasteiger partial charge in [-0.1, -0.05) is 37.5 Å². The molecule has 0 radical (unpaired) electrons. The van der Waals surface area contributed by atoms with Crippen LogP contribution in [0.3, 0.4) is 0 Å². The van der Waals surface area contributed by atoms with Crippen LogP contribution in [0.15, 0.2) is 10.4 Å². The van der Waals surface area contributed by atoms with Crippen molar-refractivity contribution in [2.75, 3.05) is 11.1 Å². The molecule has 1 heterocycles. The van der Waals surface area contributed by atoms with E-state index in [1.54, 1.807) is 6.20 Å². The summed E-state index contributed by atoms with van der Waals surface area (Å²) >= 11 is 2.90. The molecular formula is C20H31N3O3S2. The van der Waals surface area contributed by atoms with Gasteiger partial charge in [0.1, 0.15) is 0 Å². The second kappa shape index (κ2) is 10.5.